The van der Waals surface area contributed by atoms with Crippen molar-refractivity contribution >= 4 is 24.4 Å². The largest absolute Gasteiger partial charge is 0.494 e. The summed E-state index contributed by atoms with van der Waals surface area (Å²) in [5.74, 6) is 0.641. The predicted octanol–water partition coefficient (Wildman–Crippen LogP) is 3.90. The van der Waals surface area contributed by atoms with Crippen LogP contribution in [0, 0.1) is 0 Å². The third-order valence-corrected chi connectivity index (χ3v) is 5.34. The van der Waals surface area contributed by atoms with E-state index in [9.17, 15) is 4.79 Å². The van der Waals surface area contributed by atoms with Crippen molar-refractivity contribution in [3.8, 4) is 5.75 Å². The Labute approximate surface area is 168 Å². The van der Waals surface area contributed by atoms with E-state index in [2.05, 4.69) is 0 Å². The quantitative estimate of drug-likeness (QED) is 0.682. The maximum absolute atomic E-state index is 12.9. The molecule has 3 rings (SSSR count). The summed E-state index contributed by atoms with van der Waals surface area (Å²) in [6.45, 7) is 17.9. The van der Waals surface area contributed by atoms with Crippen molar-refractivity contribution in [1.82, 2.24) is 0 Å². The summed E-state index contributed by atoms with van der Waals surface area (Å²) in [6, 6.07) is 5.69. The average Bonchev–Trinajstić information content (AvgIpc) is 2.71. The maximum Gasteiger partial charge on any atom is 0.494 e. The fourth-order valence-corrected chi connectivity index (χ4v) is 3.23. The van der Waals surface area contributed by atoms with E-state index < -0.39 is 35.6 Å². The molecular weight excluding hydrogens is 357 g/mol. The summed E-state index contributed by atoms with van der Waals surface area (Å²) in [5.41, 5.74) is -0.456. The third-order valence-electron chi connectivity index (χ3n) is 5.34. The van der Waals surface area contributed by atoms with Crippen molar-refractivity contribution in [3.63, 3.8) is 0 Å². The number of hydrogen-bond acceptors (Lipinski definition) is 5. The lowest BCUT2D eigenvalue weighted by Gasteiger charge is -2.40. The van der Waals surface area contributed by atoms with Gasteiger partial charge in [0.2, 0.25) is 0 Å². The lowest BCUT2D eigenvalue weighted by atomic mass is 9.78. The topological polar surface area (TPSA) is 57.2 Å². The number of ether oxygens (including phenoxy) is 2. The summed E-state index contributed by atoms with van der Waals surface area (Å²) in [6.07, 6.45) is -0.392. The number of anilines is 1. The van der Waals surface area contributed by atoms with Crippen LogP contribution < -0.4 is 15.1 Å². The first-order valence-corrected chi connectivity index (χ1v) is 9.79. The summed E-state index contributed by atoms with van der Waals surface area (Å²) >= 11 is 0. The second kappa shape index (κ2) is 6.39. The Morgan fingerprint density at radius 1 is 1.07 bits per heavy atom. The average molecular weight is 389 g/mol. The minimum Gasteiger partial charge on any atom is -0.484 e. The molecule has 0 radical (unpaired) electrons. The zero-order valence-corrected chi connectivity index (χ0v) is 18.5. The Bertz CT molecular complexity index is 765. The number of benzene rings is 1. The van der Waals surface area contributed by atoms with Gasteiger partial charge >= 0.3 is 13.2 Å². The molecule has 0 saturated carbocycles. The number of fused-ring (bicyclic) bond motifs is 1. The van der Waals surface area contributed by atoms with E-state index in [-0.39, 0.29) is 0 Å². The number of carbonyl (C=O) groups is 1. The highest BCUT2D eigenvalue weighted by molar-refractivity contribution is 6.62. The van der Waals surface area contributed by atoms with Crippen LogP contribution in [-0.4, -0.2) is 42.2 Å². The molecule has 0 atom stereocenters. The van der Waals surface area contributed by atoms with Crippen LogP contribution in [0.3, 0.4) is 0 Å². The molecule has 1 amide bonds. The summed E-state index contributed by atoms with van der Waals surface area (Å²) in [5, 5.41) is 0. The van der Waals surface area contributed by atoms with Gasteiger partial charge in [-0.2, -0.15) is 0 Å². The van der Waals surface area contributed by atoms with E-state index in [0.717, 1.165) is 5.46 Å². The van der Waals surface area contributed by atoms with Gasteiger partial charge in [-0.05, 0) is 79.9 Å². The van der Waals surface area contributed by atoms with Crippen LogP contribution in [0.4, 0.5) is 10.5 Å². The molecule has 154 valence electrons. The lowest BCUT2D eigenvalue weighted by Crippen LogP contribution is -2.51. The molecular formula is C21H32BNO5. The highest BCUT2D eigenvalue weighted by atomic mass is 16.7. The molecule has 1 aromatic carbocycles. The lowest BCUT2D eigenvalue weighted by molar-refractivity contribution is 0.00578. The Kier molecular flexibility index (Phi) is 4.79. The SMILES string of the molecule is CC(C)(C)OC(=O)N1CC(C)(C)Oc2ccc(B3OC(C)(C)C(C)(C)O3)cc21. The monoisotopic (exact) mass is 389 g/mol. The van der Waals surface area contributed by atoms with Crippen molar-refractivity contribution in [1.29, 1.82) is 0 Å². The third kappa shape index (κ3) is 4.01. The molecule has 0 unspecified atom stereocenters. The van der Waals surface area contributed by atoms with Crippen molar-refractivity contribution in [2.75, 3.05) is 11.4 Å². The first-order chi connectivity index (χ1) is 12.6. The van der Waals surface area contributed by atoms with E-state index in [1.807, 2.05) is 80.5 Å². The molecule has 6 nitrogen and oxygen atoms in total. The summed E-state index contributed by atoms with van der Waals surface area (Å²) < 4.78 is 24.0. The van der Waals surface area contributed by atoms with E-state index in [1.54, 1.807) is 4.90 Å². The molecule has 28 heavy (non-hydrogen) atoms. The first-order valence-electron chi connectivity index (χ1n) is 9.79. The number of amides is 1. The molecule has 0 N–H and O–H groups in total. The van der Waals surface area contributed by atoms with Crippen LogP contribution in [0.1, 0.15) is 62.3 Å². The van der Waals surface area contributed by atoms with Gasteiger partial charge in [0.05, 0.1) is 23.4 Å². The van der Waals surface area contributed by atoms with Crippen molar-refractivity contribution in [3.05, 3.63) is 18.2 Å². The minimum absolute atomic E-state index is 0.391. The Hall–Kier alpha value is -1.73. The van der Waals surface area contributed by atoms with Gasteiger partial charge in [-0.15, -0.1) is 0 Å². The fourth-order valence-electron chi connectivity index (χ4n) is 3.23. The second-order valence-electron chi connectivity index (χ2n) is 10.2. The molecule has 1 fully saturated rings. The van der Waals surface area contributed by atoms with Gasteiger partial charge in [-0.25, -0.2) is 4.79 Å². The summed E-state index contributed by atoms with van der Waals surface area (Å²) in [7, 11) is -0.509. The van der Waals surface area contributed by atoms with Crippen LogP contribution in [0.15, 0.2) is 18.2 Å². The smallest absolute Gasteiger partial charge is 0.484 e. The Morgan fingerprint density at radius 2 is 1.64 bits per heavy atom. The van der Waals surface area contributed by atoms with Gasteiger partial charge in [-0.3, -0.25) is 4.90 Å². The van der Waals surface area contributed by atoms with E-state index >= 15 is 0 Å². The number of hydrogen-bond donors (Lipinski definition) is 0. The predicted molar refractivity (Wildman–Crippen MR) is 110 cm³/mol. The number of rotatable bonds is 1. The first kappa shape index (κ1) is 21.0. The van der Waals surface area contributed by atoms with Crippen LogP contribution in [0.2, 0.25) is 0 Å². The van der Waals surface area contributed by atoms with Crippen molar-refractivity contribution in [2.45, 2.75) is 84.7 Å². The van der Waals surface area contributed by atoms with Crippen molar-refractivity contribution < 1.29 is 23.6 Å². The molecule has 0 aliphatic carbocycles. The molecule has 1 aromatic rings. The summed E-state index contributed by atoms with van der Waals surface area (Å²) in [4.78, 5) is 14.5. The highest BCUT2D eigenvalue weighted by Crippen LogP contribution is 2.39. The highest BCUT2D eigenvalue weighted by Gasteiger charge is 2.52. The number of carbonyl (C=O) groups excluding carboxylic acids is 1. The zero-order chi connectivity index (χ0) is 21.1. The second-order valence-corrected chi connectivity index (χ2v) is 10.2. The van der Waals surface area contributed by atoms with Gasteiger partial charge in [0, 0.05) is 0 Å². The van der Waals surface area contributed by atoms with Crippen LogP contribution >= 0.6 is 0 Å². The minimum atomic E-state index is -0.580. The van der Waals surface area contributed by atoms with Crippen molar-refractivity contribution in [2.24, 2.45) is 0 Å². The Morgan fingerprint density at radius 3 is 2.18 bits per heavy atom. The van der Waals surface area contributed by atoms with Gasteiger partial charge in [0.1, 0.15) is 17.0 Å². The van der Waals surface area contributed by atoms with Gasteiger partial charge in [0.15, 0.2) is 0 Å². The fraction of sp³-hybridized carbons (Fsp3) is 0.667. The molecule has 7 heteroatoms. The molecule has 2 aliphatic rings. The standard InChI is InChI=1S/C21H32BNO5/c1-18(2,3)26-17(24)23-13-19(4,5)25-16-11-10-14(12-15(16)23)22-27-20(6,7)21(8,9)28-22/h10-12H,13H2,1-9H3. The van der Waals surface area contributed by atoms with Crippen LogP contribution in [0.5, 0.6) is 5.75 Å². The Balaban J connectivity index is 1.96. The van der Waals surface area contributed by atoms with E-state index in [4.69, 9.17) is 18.8 Å². The normalized spacial score (nSPS) is 22.5. The molecule has 0 aromatic heterocycles. The molecule has 1 saturated heterocycles. The molecule has 2 heterocycles. The molecule has 0 spiro atoms. The van der Waals surface area contributed by atoms with Gasteiger partial charge < -0.3 is 18.8 Å². The zero-order valence-electron chi connectivity index (χ0n) is 18.5. The molecule has 0 bridgehead atoms. The van der Waals surface area contributed by atoms with Crippen LogP contribution in [-0.2, 0) is 14.0 Å². The molecule has 2 aliphatic heterocycles. The maximum atomic E-state index is 12.9. The van der Waals surface area contributed by atoms with Gasteiger partial charge in [-0.1, -0.05) is 6.07 Å². The number of nitrogens with zero attached hydrogens (tertiary/aromatic N) is 1. The van der Waals surface area contributed by atoms with E-state index in [0.29, 0.717) is 18.0 Å². The van der Waals surface area contributed by atoms with E-state index in [1.165, 1.54) is 0 Å². The van der Waals surface area contributed by atoms with Crippen LogP contribution in [0.25, 0.3) is 0 Å². The van der Waals surface area contributed by atoms with Gasteiger partial charge in [0.25, 0.3) is 0 Å².